The number of amides is 1. The number of carbonyl (C=O) groups is 2. The number of Topliss-reactive ketones (excluding diaryl/α,β-unsaturated/α-hetero) is 1. The second kappa shape index (κ2) is 9.33. The van der Waals surface area contributed by atoms with Crippen molar-refractivity contribution in [2.75, 3.05) is 5.32 Å². The molecule has 4 rings (SSSR count). The van der Waals surface area contributed by atoms with Gasteiger partial charge in [0, 0.05) is 33.1 Å². The van der Waals surface area contributed by atoms with Crippen molar-refractivity contribution in [1.82, 2.24) is 0 Å². The zero-order valence-electron chi connectivity index (χ0n) is 17.6. The van der Waals surface area contributed by atoms with Crippen LogP contribution in [0.3, 0.4) is 0 Å². The minimum Gasteiger partial charge on any atom is -0.326 e. The molecule has 1 amide bonds. The number of ketones is 1. The van der Waals surface area contributed by atoms with E-state index in [1.54, 1.807) is 31.2 Å². The van der Waals surface area contributed by atoms with Gasteiger partial charge in [0.05, 0.1) is 10.9 Å². The van der Waals surface area contributed by atoms with Crippen LogP contribution in [0.25, 0.3) is 0 Å². The number of hydrogen-bond acceptors (Lipinski definition) is 2. The summed E-state index contributed by atoms with van der Waals surface area (Å²) in [6.07, 6.45) is 0.0279. The minimum absolute atomic E-state index is 0.0279. The summed E-state index contributed by atoms with van der Waals surface area (Å²) in [7, 11) is 0. The van der Waals surface area contributed by atoms with Gasteiger partial charge in [0.25, 0.3) is 0 Å². The molecule has 0 aliphatic heterocycles. The highest BCUT2D eigenvalue weighted by molar-refractivity contribution is 6.54. The molecule has 9 heteroatoms. The average Bonchev–Trinajstić information content (AvgIpc) is 3.23. The van der Waals surface area contributed by atoms with Gasteiger partial charge in [-0.2, -0.15) is 0 Å². The number of carbonyl (C=O) groups excluding carboxylic acids is 2. The standard InChI is InChI=1S/C25H17Cl5FNO2/c1-24(14-9-15(26)11-16(27)10-14)22(25(24,29)30)23(34)32-18-6-7-20(28)19(12-18)21(33)8-13-2-4-17(31)5-3-13/h2-7,9-12,22H,8H2,1H3,(H,32,34). The number of benzene rings is 3. The largest absolute Gasteiger partial charge is 0.326 e. The molecular weight excluding hydrogens is 543 g/mol. The van der Waals surface area contributed by atoms with E-state index in [2.05, 4.69) is 5.32 Å². The van der Waals surface area contributed by atoms with Crippen LogP contribution in [0.15, 0.2) is 60.7 Å². The quantitative estimate of drug-likeness (QED) is 0.246. The van der Waals surface area contributed by atoms with Crippen LogP contribution in [0.1, 0.15) is 28.4 Å². The maximum atomic E-state index is 13.1. The summed E-state index contributed by atoms with van der Waals surface area (Å²) in [5.74, 6) is -1.89. The predicted octanol–water partition coefficient (Wildman–Crippen LogP) is 7.91. The van der Waals surface area contributed by atoms with Gasteiger partial charge in [0.1, 0.15) is 10.2 Å². The zero-order chi connectivity index (χ0) is 24.8. The third-order valence-corrected chi connectivity index (χ3v) is 8.07. The van der Waals surface area contributed by atoms with E-state index in [0.717, 1.165) is 0 Å². The number of nitrogens with one attached hydrogen (secondary N) is 1. The Morgan fingerprint density at radius 1 is 0.941 bits per heavy atom. The summed E-state index contributed by atoms with van der Waals surface area (Å²) >= 11 is 31.6. The minimum atomic E-state index is -1.39. The molecule has 1 saturated carbocycles. The van der Waals surface area contributed by atoms with Crippen molar-refractivity contribution < 1.29 is 14.0 Å². The predicted molar refractivity (Wildman–Crippen MR) is 136 cm³/mol. The normalized spacial score (nSPS) is 20.6. The van der Waals surface area contributed by atoms with Gasteiger partial charge in [-0.1, -0.05) is 77.1 Å². The number of hydrogen-bond donors (Lipinski definition) is 1. The van der Waals surface area contributed by atoms with Crippen LogP contribution in [-0.2, 0) is 16.6 Å². The van der Waals surface area contributed by atoms with Crippen molar-refractivity contribution in [3.8, 4) is 0 Å². The first kappa shape index (κ1) is 25.3. The second-order valence-electron chi connectivity index (χ2n) is 8.33. The molecule has 2 unspecified atom stereocenters. The fourth-order valence-corrected chi connectivity index (χ4v) is 5.80. The lowest BCUT2D eigenvalue weighted by molar-refractivity contribution is -0.117. The molecule has 2 atom stereocenters. The Bertz CT molecular complexity index is 1270. The Hall–Kier alpha value is -1.82. The Labute approximate surface area is 221 Å². The van der Waals surface area contributed by atoms with Gasteiger partial charge in [-0.3, -0.25) is 9.59 Å². The molecular formula is C25H17Cl5FNO2. The Balaban J connectivity index is 1.54. The maximum Gasteiger partial charge on any atom is 0.231 e. The van der Waals surface area contributed by atoms with Gasteiger partial charge in [-0.15, -0.1) is 0 Å². The first-order chi connectivity index (χ1) is 15.9. The molecule has 1 N–H and O–H groups in total. The number of rotatable bonds is 6. The van der Waals surface area contributed by atoms with Crippen LogP contribution in [0.5, 0.6) is 0 Å². The molecule has 176 valence electrons. The molecule has 0 spiro atoms. The molecule has 0 radical (unpaired) electrons. The molecule has 0 heterocycles. The number of halogens is 6. The zero-order valence-corrected chi connectivity index (χ0v) is 21.4. The fourth-order valence-electron chi connectivity index (χ4n) is 4.08. The summed E-state index contributed by atoms with van der Waals surface area (Å²) in [6, 6.07) is 15.1. The van der Waals surface area contributed by atoms with Gasteiger partial charge in [-0.05, 0) is 59.7 Å². The summed E-state index contributed by atoms with van der Waals surface area (Å²) in [5.41, 5.74) is 0.940. The highest BCUT2D eigenvalue weighted by Crippen LogP contribution is 2.70. The Morgan fingerprint density at radius 2 is 1.56 bits per heavy atom. The number of anilines is 1. The van der Waals surface area contributed by atoms with Crippen molar-refractivity contribution in [2.24, 2.45) is 5.92 Å². The Kier molecular flexibility index (Phi) is 6.93. The molecule has 0 bridgehead atoms. The molecule has 1 aliphatic rings. The molecule has 34 heavy (non-hydrogen) atoms. The summed E-state index contributed by atoms with van der Waals surface area (Å²) < 4.78 is 11.7. The highest BCUT2D eigenvalue weighted by atomic mass is 35.5. The lowest BCUT2D eigenvalue weighted by Gasteiger charge is -2.14. The summed E-state index contributed by atoms with van der Waals surface area (Å²) in [6.45, 7) is 1.76. The molecule has 0 saturated heterocycles. The molecule has 0 aromatic heterocycles. The van der Waals surface area contributed by atoms with E-state index >= 15 is 0 Å². The number of alkyl halides is 2. The van der Waals surface area contributed by atoms with Gasteiger partial charge in [0.2, 0.25) is 5.91 Å². The topological polar surface area (TPSA) is 46.2 Å². The van der Waals surface area contributed by atoms with Gasteiger partial charge in [-0.25, -0.2) is 4.39 Å². The second-order valence-corrected chi connectivity index (χ2v) is 11.0. The van der Waals surface area contributed by atoms with Crippen LogP contribution in [0, 0.1) is 11.7 Å². The average molecular weight is 560 g/mol. The monoisotopic (exact) mass is 557 g/mol. The lowest BCUT2D eigenvalue weighted by atomic mass is 9.95. The molecule has 1 aliphatic carbocycles. The van der Waals surface area contributed by atoms with E-state index < -0.39 is 21.6 Å². The molecule has 1 fully saturated rings. The van der Waals surface area contributed by atoms with E-state index in [4.69, 9.17) is 58.0 Å². The van der Waals surface area contributed by atoms with Gasteiger partial charge in [0.15, 0.2) is 5.78 Å². The summed E-state index contributed by atoms with van der Waals surface area (Å²) in [5, 5.41) is 3.82. The van der Waals surface area contributed by atoms with E-state index in [1.165, 1.54) is 36.4 Å². The molecule has 3 nitrogen and oxygen atoms in total. The molecule has 3 aromatic rings. The maximum absolute atomic E-state index is 13.1. The van der Waals surface area contributed by atoms with E-state index in [0.29, 0.717) is 26.9 Å². The van der Waals surface area contributed by atoms with Crippen molar-refractivity contribution >= 4 is 75.4 Å². The van der Waals surface area contributed by atoms with Crippen LogP contribution in [0.2, 0.25) is 15.1 Å². The highest BCUT2D eigenvalue weighted by Gasteiger charge is 2.77. The fraction of sp³-hybridized carbons (Fsp3) is 0.200. The van der Waals surface area contributed by atoms with Crippen molar-refractivity contribution in [3.05, 3.63) is 98.2 Å². The SMILES string of the molecule is CC1(c2cc(Cl)cc(Cl)c2)C(C(=O)Nc2ccc(Cl)c(C(=O)Cc3ccc(F)cc3)c2)C1(Cl)Cl. The smallest absolute Gasteiger partial charge is 0.231 e. The van der Waals surface area contributed by atoms with Crippen molar-refractivity contribution in [3.63, 3.8) is 0 Å². The lowest BCUT2D eigenvalue weighted by Crippen LogP contribution is -2.20. The first-order valence-electron chi connectivity index (χ1n) is 10.2. The molecule has 3 aromatic carbocycles. The van der Waals surface area contributed by atoms with E-state index in [-0.39, 0.29) is 28.6 Å². The first-order valence-corrected chi connectivity index (χ1v) is 12.0. The van der Waals surface area contributed by atoms with Crippen molar-refractivity contribution in [1.29, 1.82) is 0 Å². The summed E-state index contributed by atoms with van der Waals surface area (Å²) in [4.78, 5) is 25.9. The van der Waals surface area contributed by atoms with Crippen LogP contribution < -0.4 is 5.32 Å². The van der Waals surface area contributed by atoms with Gasteiger partial charge < -0.3 is 5.32 Å². The van der Waals surface area contributed by atoms with E-state index in [1.807, 2.05) is 0 Å². The van der Waals surface area contributed by atoms with Crippen LogP contribution in [0.4, 0.5) is 10.1 Å². The third kappa shape index (κ3) is 4.67. The van der Waals surface area contributed by atoms with Gasteiger partial charge >= 0.3 is 0 Å². The third-order valence-electron chi connectivity index (χ3n) is 6.09. The van der Waals surface area contributed by atoms with Crippen LogP contribution >= 0.6 is 58.0 Å². The van der Waals surface area contributed by atoms with Crippen LogP contribution in [-0.4, -0.2) is 16.0 Å². The van der Waals surface area contributed by atoms with E-state index in [9.17, 15) is 14.0 Å². The Morgan fingerprint density at radius 3 is 2.18 bits per heavy atom. The van der Waals surface area contributed by atoms with Crippen molar-refractivity contribution in [2.45, 2.75) is 23.1 Å².